The number of anilines is 1. The molecule has 0 N–H and O–H groups in total. The van der Waals surface area contributed by atoms with Crippen molar-refractivity contribution in [1.29, 1.82) is 0 Å². The van der Waals surface area contributed by atoms with Gasteiger partial charge in [0.1, 0.15) is 0 Å². The summed E-state index contributed by atoms with van der Waals surface area (Å²) < 4.78 is 28.0. The molecule has 2 aliphatic rings. The number of amides is 1. The van der Waals surface area contributed by atoms with Gasteiger partial charge in [-0.2, -0.15) is 4.31 Å². The van der Waals surface area contributed by atoms with Gasteiger partial charge in [0.05, 0.1) is 4.90 Å². The summed E-state index contributed by atoms with van der Waals surface area (Å²) in [6, 6.07) is 13.3. The van der Waals surface area contributed by atoms with Crippen LogP contribution in [-0.4, -0.2) is 31.2 Å². The second-order valence-electron chi connectivity index (χ2n) is 7.32. The molecule has 1 atom stereocenters. The normalized spacial score (nSPS) is 19.6. The van der Waals surface area contributed by atoms with E-state index in [4.69, 9.17) is 0 Å². The molecule has 0 fully saturated rings. The maximum atomic E-state index is 13.2. The summed E-state index contributed by atoms with van der Waals surface area (Å²) in [4.78, 5) is 14.3. The third-order valence-corrected chi connectivity index (χ3v) is 7.41. The fourth-order valence-corrected chi connectivity index (χ4v) is 5.61. The molecule has 1 unspecified atom stereocenters. The molecular weight excluding hydrogens is 360 g/mol. The SMILES string of the molecule is CCC(=O)N1c2ccc(S(=O)(=O)N3CCc4ccccc4C3)cc2CC1C. The number of carbonyl (C=O) groups excluding carboxylic acids is 1. The smallest absolute Gasteiger partial charge is 0.243 e. The van der Waals surface area contributed by atoms with Crippen LogP contribution in [0.3, 0.4) is 0 Å². The Hall–Kier alpha value is -2.18. The van der Waals surface area contributed by atoms with E-state index < -0.39 is 10.0 Å². The zero-order valence-electron chi connectivity index (χ0n) is 15.7. The van der Waals surface area contributed by atoms with Crippen LogP contribution in [0.1, 0.15) is 37.0 Å². The summed E-state index contributed by atoms with van der Waals surface area (Å²) in [6.07, 6.45) is 1.86. The number of sulfonamides is 1. The highest BCUT2D eigenvalue weighted by molar-refractivity contribution is 7.89. The van der Waals surface area contributed by atoms with Crippen LogP contribution in [0.4, 0.5) is 5.69 Å². The second-order valence-corrected chi connectivity index (χ2v) is 9.26. The predicted molar refractivity (Wildman–Crippen MR) is 105 cm³/mol. The Morgan fingerprint density at radius 2 is 1.85 bits per heavy atom. The van der Waals surface area contributed by atoms with Crippen LogP contribution >= 0.6 is 0 Å². The van der Waals surface area contributed by atoms with Crippen molar-refractivity contribution in [3.05, 3.63) is 59.2 Å². The molecule has 0 spiro atoms. The number of hydrogen-bond donors (Lipinski definition) is 0. The minimum absolute atomic E-state index is 0.0623. The molecule has 2 aromatic carbocycles. The summed E-state index contributed by atoms with van der Waals surface area (Å²) in [5.41, 5.74) is 4.07. The van der Waals surface area contributed by atoms with E-state index in [0.29, 0.717) is 30.8 Å². The average Bonchev–Trinajstić information content (AvgIpc) is 3.01. The third kappa shape index (κ3) is 3.07. The maximum absolute atomic E-state index is 13.2. The molecule has 5 nitrogen and oxygen atoms in total. The summed E-state index contributed by atoms with van der Waals surface area (Å²) in [6.45, 7) is 4.75. The van der Waals surface area contributed by atoms with Gasteiger partial charge in [-0.05, 0) is 54.7 Å². The minimum Gasteiger partial charge on any atom is -0.309 e. The lowest BCUT2D eigenvalue weighted by atomic mass is 10.0. The number of carbonyl (C=O) groups is 1. The first-order chi connectivity index (χ1) is 12.9. The highest BCUT2D eigenvalue weighted by atomic mass is 32.2. The van der Waals surface area contributed by atoms with Crippen LogP contribution in [0.25, 0.3) is 0 Å². The van der Waals surface area contributed by atoms with Crippen LogP contribution in [0, 0.1) is 0 Å². The van der Waals surface area contributed by atoms with Gasteiger partial charge in [0.2, 0.25) is 15.9 Å². The van der Waals surface area contributed by atoms with E-state index in [0.717, 1.165) is 23.2 Å². The van der Waals surface area contributed by atoms with E-state index in [9.17, 15) is 13.2 Å². The van der Waals surface area contributed by atoms with E-state index in [2.05, 4.69) is 6.07 Å². The molecular formula is C21H24N2O3S. The van der Waals surface area contributed by atoms with E-state index in [1.807, 2.05) is 32.0 Å². The fourth-order valence-electron chi connectivity index (χ4n) is 4.14. The van der Waals surface area contributed by atoms with Gasteiger partial charge in [0.25, 0.3) is 0 Å². The van der Waals surface area contributed by atoms with Crippen LogP contribution in [0.5, 0.6) is 0 Å². The predicted octanol–water partition coefficient (Wildman–Crippen LogP) is 3.12. The highest BCUT2D eigenvalue weighted by Gasteiger charge is 2.33. The zero-order valence-corrected chi connectivity index (χ0v) is 16.5. The van der Waals surface area contributed by atoms with Crippen LogP contribution in [0.2, 0.25) is 0 Å². The Morgan fingerprint density at radius 1 is 1.11 bits per heavy atom. The van der Waals surface area contributed by atoms with Gasteiger partial charge in [0, 0.05) is 31.2 Å². The average molecular weight is 385 g/mol. The first-order valence-electron chi connectivity index (χ1n) is 9.43. The van der Waals surface area contributed by atoms with Gasteiger partial charge in [-0.15, -0.1) is 0 Å². The Balaban J connectivity index is 1.65. The van der Waals surface area contributed by atoms with Gasteiger partial charge < -0.3 is 4.90 Å². The van der Waals surface area contributed by atoms with Gasteiger partial charge >= 0.3 is 0 Å². The quantitative estimate of drug-likeness (QED) is 0.817. The van der Waals surface area contributed by atoms with Crippen molar-refractivity contribution < 1.29 is 13.2 Å². The Kier molecular flexibility index (Phi) is 4.56. The van der Waals surface area contributed by atoms with Crippen molar-refractivity contribution >= 4 is 21.6 Å². The van der Waals surface area contributed by atoms with Gasteiger partial charge in [-0.1, -0.05) is 31.2 Å². The van der Waals surface area contributed by atoms with Crippen LogP contribution in [-0.2, 0) is 34.2 Å². The van der Waals surface area contributed by atoms with E-state index in [1.54, 1.807) is 27.4 Å². The first kappa shape index (κ1) is 18.2. The maximum Gasteiger partial charge on any atom is 0.243 e. The summed E-state index contributed by atoms with van der Waals surface area (Å²) in [5.74, 6) is 0.0736. The molecule has 0 saturated carbocycles. The molecule has 4 rings (SSSR count). The number of benzene rings is 2. The lowest BCUT2D eigenvalue weighted by Crippen LogP contribution is -2.36. The molecule has 0 bridgehead atoms. The molecule has 142 valence electrons. The van der Waals surface area contributed by atoms with Crippen LogP contribution in [0.15, 0.2) is 47.4 Å². The van der Waals surface area contributed by atoms with Crippen molar-refractivity contribution in [2.24, 2.45) is 0 Å². The molecule has 27 heavy (non-hydrogen) atoms. The van der Waals surface area contributed by atoms with Gasteiger partial charge in [-0.3, -0.25) is 4.79 Å². The zero-order chi connectivity index (χ0) is 19.2. The standard InChI is InChI=1S/C21H24N2O3S/c1-3-21(24)23-15(2)12-18-13-19(8-9-20(18)23)27(25,26)22-11-10-16-6-4-5-7-17(16)14-22/h4-9,13,15H,3,10-12,14H2,1-2H3. The Labute approximate surface area is 160 Å². The largest absolute Gasteiger partial charge is 0.309 e. The summed E-state index contributed by atoms with van der Waals surface area (Å²) in [5, 5.41) is 0. The van der Waals surface area contributed by atoms with E-state index >= 15 is 0 Å². The fraction of sp³-hybridized carbons (Fsp3) is 0.381. The van der Waals surface area contributed by atoms with Crippen LogP contribution < -0.4 is 4.90 Å². The van der Waals surface area contributed by atoms with Crippen molar-refractivity contribution in [1.82, 2.24) is 4.31 Å². The van der Waals surface area contributed by atoms with E-state index in [-0.39, 0.29) is 11.9 Å². The van der Waals surface area contributed by atoms with Crippen molar-refractivity contribution in [2.75, 3.05) is 11.4 Å². The summed E-state index contributed by atoms with van der Waals surface area (Å²) in [7, 11) is -3.56. The molecule has 1 amide bonds. The lowest BCUT2D eigenvalue weighted by molar-refractivity contribution is -0.118. The van der Waals surface area contributed by atoms with E-state index in [1.165, 1.54) is 5.56 Å². The van der Waals surface area contributed by atoms with Crippen molar-refractivity contribution in [3.8, 4) is 0 Å². The first-order valence-corrected chi connectivity index (χ1v) is 10.9. The minimum atomic E-state index is -3.56. The molecule has 0 radical (unpaired) electrons. The molecule has 0 aromatic heterocycles. The Bertz CT molecular complexity index is 1000. The Morgan fingerprint density at radius 3 is 2.59 bits per heavy atom. The highest BCUT2D eigenvalue weighted by Crippen LogP contribution is 2.35. The van der Waals surface area contributed by atoms with Gasteiger partial charge in [0.15, 0.2) is 0 Å². The second kappa shape index (κ2) is 6.77. The number of nitrogens with zero attached hydrogens (tertiary/aromatic N) is 2. The number of hydrogen-bond acceptors (Lipinski definition) is 3. The lowest BCUT2D eigenvalue weighted by Gasteiger charge is -2.28. The number of fused-ring (bicyclic) bond motifs is 2. The van der Waals surface area contributed by atoms with Crippen molar-refractivity contribution in [2.45, 2.75) is 50.6 Å². The van der Waals surface area contributed by atoms with Gasteiger partial charge in [-0.25, -0.2) is 8.42 Å². The summed E-state index contributed by atoms with van der Waals surface area (Å²) >= 11 is 0. The molecule has 0 aliphatic carbocycles. The molecule has 2 heterocycles. The number of rotatable bonds is 3. The molecule has 2 aromatic rings. The molecule has 6 heteroatoms. The molecule has 2 aliphatic heterocycles. The topological polar surface area (TPSA) is 57.7 Å². The monoisotopic (exact) mass is 384 g/mol. The van der Waals surface area contributed by atoms with Crippen molar-refractivity contribution in [3.63, 3.8) is 0 Å². The molecule has 0 saturated heterocycles. The third-order valence-electron chi connectivity index (χ3n) is 5.57.